The van der Waals surface area contributed by atoms with Crippen molar-refractivity contribution in [2.75, 3.05) is 40.0 Å². The van der Waals surface area contributed by atoms with E-state index in [9.17, 15) is 0 Å². The molecule has 1 aromatic carbocycles. The fourth-order valence-corrected chi connectivity index (χ4v) is 1.78. The Labute approximate surface area is 110 Å². The van der Waals surface area contributed by atoms with Crippen molar-refractivity contribution in [1.29, 1.82) is 0 Å². The van der Waals surface area contributed by atoms with Crippen LogP contribution in [0.4, 0.5) is 0 Å². The third-order valence-corrected chi connectivity index (χ3v) is 2.73. The highest BCUT2D eigenvalue weighted by atomic mass is 16.5. The van der Waals surface area contributed by atoms with Gasteiger partial charge in [-0.15, -0.1) is 0 Å². The van der Waals surface area contributed by atoms with Crippen molar-refractivity contribution >= 4 is 0 Å². The molecule has 1 N–H and O–H groups in total. The largest absolute Gasteiger partial charge is 0.385 e. The van der Waals surface area contributed by atoms with E-state index in [1.165, 1.54) is 11.1 Å². The molecule has 0 aliphatic rings. The Balaban J connectivity index is 1.92. The third-order valence-electron chi connectivity index (χ3n) is 2.73. The summed E-state index contributed by atoms with van der Waals surface area (Å²) >= 11 is 0. The van der Waals surface area contributed by atoms with Gasteiger partial charge in [-0.3, -0.25) is 0 Å². The number of benzene rings is 1. The molecule has 18 heavy (non-hydrogen) atoms. The van der Waals surface area contributed by atoms with E-state index in [0.717, 1.165) is 45.8 Å². The molecule has 0 heterocycles. The molecule has 3 heteroatoms. The average molecular weight is 251 g/mol. The number of methoxy groups -OCH3 is 1. The maximum absolute atomic E-state index is 5.46. The molecule has 0 atom stereocenters. The van der Waals surface area contributed by atoms with Gasteiger partial charge < -0.3 is 14.8 Å². The molecule has 0 saturated carbocycles. The van der Waals surface area contributed by atoms with E-state index in [1.807, 2.05) is 0 Å². The highest BCUT2D eigenvalue weighted by molar-refractivity contribution is 5.22. The van der Waals surface area contributed by atoms with E-state index >= 15 is 0 Å². The van der Waals surface area contributed by atoms with Crippen molar-refractivity contribution in [3.8, 4) is 0 Å². The standard InChI is InChI=1S/C15H25NO2/c1-14-5-3-6-15(13-14)7-8-16-9-12-18-11-4-10-17-2/h3,5-6,13,16H,4,7-12H2,1-2H3. The van der Waals surface area contributed by atoms with Gasteiger partial charge in [0.25, 0.3) is 0 Å². The topological polar surface area (TPSA) is 30.5 Å². The van der Waals surface area contributed by atoms with Gasteiger partial charge in [-0.1, -0.05) is 29.8 Å². The van der Waals surface area contributed by atoms with Gasteiger partial charge in [-0.2, -0.15) is 0 Å². The van der Waals surface area contributed by atoms with Crippen molar-refractivity contribution < 1.29 is 9.47 Å². The lowest BCUT2D eigenvalue weighted by Gasteiger charge is -2.06. The predicted octanol–water partition coefficient (Wildman–Crippen LogP) is 2.18. The van der Waals surface area contributed by atoms with E-state index in [1.54, 1.807) is 7.11 Å². The molecule has 0 unspecified atom stereocenters. The van der Waals surface area contributed by atoms with Crippen LogP contribution in [0.1, 0.15) is 17.5 Å². The smallest absolute Gasteiger partial charge is 0.0590 e. The SMILES string of the molecule is COCCCOCCNCCc1cccc(C)c1. The lowest BCUT2D eigenvalue weighted by atomic mass is 10.1. The summed E-state index contributed by atoms with van der Waals surface area (Å²) in [6, 6.07) is 8.66. The van der Waals surface area contributed by atoms with Gasteiger partial charge in [0.2, 0.25) is 0 Å². The van der Waals surface area contributed by atoms with E-state index in [0.29, 0.717) is 0 Å². The molecule has 0 aliphatic carbocycles. The first kappa shape index (κ1) is 15.2. The minimum Gasteiger partial charge on any atom is -0.385 e. The first-order chi connectivity index (χ1) is 8.83. The van der Waals surface area contributed by atoms with Crippen LogP contribution < -0.4 is 5.32 Å². The summed E-state index contributed by atoms with van der Waals surface area (Å²) in [7, 11) is 1.72. The Morgan fingerprint density at radius 2 is 2.00 bits per heavy atom. The molecule has 0 radical (unpaired) electrons. The van der Waals surface area contributed by atoms with Gasteiger partial charge in [0, 0.05) is 26.9 Å². The quantitative estimate of drug-likeness (QED) is 0.647. The van der Waals surface area contributed by atoms with Crippen LogP contribution in [0.3, 0.4) is 0 Å². The van der Waals surface area contributed by atoms with Gasteiger partial charge in [0.05, 0.1) is 6.61 Å². The number of nitrogens with one attached hydrogen (secondary N) is 1. The highest BCUT2D eigenvalue weighted by Gasteiger charge is 1.94. The zero-order valence-corrected chi connectivity index (χ0v) is 11.6. The first-order valence-corrected chi connectivity index (χ1v) is 6.66. The predicted molar refractivity (Wildman–Crippen MR) is 75.1 cm³/mol. The number of aryl methyl sites for hydroxylation is 1. The van der Waals surface area contributed by atoms with Crippen LogP contribution in [0, 0.1) is 6.92 Å². The maximum Gasteiger partial charge on any atom is 0.0590 e. The van der Waals surface area contributed by atoms with Crippen LogP contribution in [-0.2, 0) is 15.9 Å². The molecule has 0 saturated heterocycles. The van der Waals surface area contributed by atoms with Crippen LogP contribution in [0.15, 0.2) is 24.3 Å². The van der Waals surface area contributed by atoms with Crippen molar-refractivity contribution in [1.82, 2.24) is 5.32 Å². The summed E-state index contributed by atoms with van der Waals surface area (Å²) in [5.41, 5.74) is 2.72. The Bertz CT molecular complexity index is 315. The Morgan fingerprint density at radius 1 is 1.11 bits per heavy atom. The fourth-order valence-electron chi connectivity index (χ4n) is 1.78. The van der Waals surface area contributed by atoms with Crippen molar-refractivity contribution in [3.63, 3.8) is 0 Å². The number of rotatable bonds is 10. The maximum atomic E-state index is 5.46. The van der Waals surface area contributed by atoms with Gasteiger partial charge >= 0.3 is 0 Å². The second-order valence-electron chi connectivity index (χ2n) is 4.45. The molecule has 0 fully saturated rings. The Morgan fingerprint density at radius 3 is 2.78 bits per heavy atom. The summed E-state index contributed by atoms with van der Waals surface area (Å²) in [6.07, 6.45) is 2.05. The van der Waals surface area contributed by atoms with Crippen molar-refractivity contribution in [2.24, 2.45) is 0 Å². The van der Waals surface area contributed by atoms with Crippen LogP contribution in [0.5, 0.6) is 0 Å². The van der Waals surface area contributed by atoms with Crippen molar-refractivity contribution in [3.05, 3.63) is 35.4 Å². The average Bonchev–Trinajstić information content (AvgIpc) is 2.37. The van der Waals surface area contributed by atoms with Gasteiger partial charge in [-0.05, 0) is 31.9 Å². The number of hydrogen-bond acceptors (Lipinski definition) is 3. The number of hydrogen-bond donors (Lipinski definition) is 1. The van der Waals surface area contributed by atoms with Crippen molar-refractivity contribution in [2.45, 2.75) is 19.8 Å². The normalized spacial score (nSPS) is 10.8. The van der Waals surface area contributed by atoms with Crippen LogP contribution in [-0.4, -0.2) is 40.0 Å². The molecular formula is C15H25NO2. The van der Waals surface area contributed by atoms with Gasteiger partial charge in [-0.25, -0.2) is 0 Å². The Kier molecular flexibility index (Phi) is 8.47. The van der Waals surface area contributed by atoms with Crippen LogP contribution in [0.25, 0.3) is 0 Å². The lowest BCUT2D eigenvalue weighted by molar-refractivity contribution is 0.104. The summed E-state index contributed by atoms with van der Waals surface area (Å²) in [5, 5.41) is 3.39. The minimum absolute atomic E-state index is 0.775. The molecule has 1 rings (SSSR count). The fraction of sp³-hybridized carbons (Fsp3) is 0.600. The minimum atomic E-state index is 0.775. The Hall–Kier alpha value is -0.900. The molecule has 0 aromatic heterocycles. The van der Waals surface area contributed by atoms with Gasteiger partial charge in [0.15, 0.2) is 0 Å². The molecule has 0 bridgehead atoms. The summed E-state index contributed by atoms with van der Waals surface area (Å²) in [5.74, 6) is 0. The second kappa shape index (κ2) is 10.1. The zero-order valence-electron chi connectivity index (χ0n) is 11.6. The van der Waals surface area contributed by atoms with E-state index in [-0.39, 0.29) is 0 Å². The molecular weight excluding hydrogens is 226 g/mol. The molecule has 102 valence electrons. The molecule has 1 aromatic rings. The summed E-state index contributed by atoms with van der Waals surface area (Å²) in [6.45, 7) is 6.39. The van der Waals surface area contributed by atoms with E-state index < -0.39 is 0 Å². The zero-order chi connectivity index (χ0) is 13.1. The molecule has 0 spiro atoms. The monoisotopic (exact) mass is 251 g/mol. The van der Waals surface area contributed by atoms with Gasteiger partial charge in [0.1, 0.15) is 0 Å². The van der Waals surface area contributed by atoms with E-state index in [4.69, 9.17) is 9.47 Å². The second-order valence-corrected chi connectivity index (χ2v) is 4.45. The third kappa shape index (κ3) is 7.43. The van der Waals surface area contributed by atoms with Crippen LogP contribution >= 0.6 is 0 Å². The first-order valence-electron chi connectivity index (χ1n) is 6.66. The molecule has 3 nitrogen and oxygen atoms in total. The van der Waals surface area contributed by atoms with Crippen LogP contribution in [0.2, 0.25) is 0 Å². The number of ether oxygens (including phenoxy) is 2. The van der Waals surface area contributed by atoms with E-state index in [2.05, 4.69) is 36.5 Å². The molecule has 0 aliphatic heterocycles. The molecule has 0 amide bonds. The highest BCUT2D eigenvalue weighted by Crippen LogP contribution is 2.03. The summed E-state index contributed by atoms with van der Waals surface area (Å²) in [4.78, 5) is 0. The summed E-state index contributed by atoms with van der Waals surface area (Å²) < 4.78 is 10.4. The lowest BCUT2D eigenvalue weighted by Crippen LogP contribution is -2.22.